The first-order valence-electron chi connectivity index (χ1n) is 9.85. The van der Waals surface area contributed by atoms with Crippen molar-refractivity contribution in [1.82, 2.24) is 10.6 Å². The molecule has 2 rings (SSSR count). The van der Waals surface area contributed by atoms with Gasteiger partial charge in [-0.2, -0.15) is 0 Å². The molecule has 0 aromatic heterocycles. The number of hydrogen-bond donors (Lipinski definition) is 2. The Morgan fingerprint density at radius 3 is 2.56 bits per heavy atom. The topological polar surface area (TPSA) is 54.9 Å². The van der Waals surface area contributed by atoms with Gasteiger partial charge in [-0.1, -0.05) is 44.2 Å². The second-order valence-corrected chi connectivity index (χ2v) is 7.14. The highest BCUT2D eigenvalue weighted by Crippen LogP contribution is 2.30. The molecular weight excluding hydrogens is 453 g/mol. The standard InChI is InChI=1S/C21H35N3O2.HI/c1-5-21(6-2,18-10-8-7-9-11-18)16-23-20(22-4)24-17(3)14-26-19-12-13-25-15-19;/h7-11,17,19H,5-6,12-16H2,1-4H3,(H2,22,23,24);1H. The van der Waals surface area contributed by atoms with Gasteiger partial charge in [0.25, 0.3) is 0 Å². The number of nitrogens with one attached hydrogen (secondary N) is 2. The summed E-state index contributed by atoms with van der Waals surface area (Å²) in [4.78, 5) is 4.39. The van der Waals surface area contributed by atoms with Crippen LogP contribution < -0.4 is 10.6 Å². The summed E-state index contributed by atoms with van der Waals surface area (Å²) in [6.45, 7) is 9.67. The number of hydrogen-bond acceptors (Lipinski definition) is 3. The number of guanidine groups is 1. The largest absolute Gasteiger partial charge is 0.379 e. The van der Waals surface area contributed by atoms with Crippen molar-refractivity contribution < 1.29 is 9.47 Å². The molecule has 1 aliphatic rings. The molecule has 2 atom stereocenters. The average Bonchev–Trinajstić information content (AvgIpc) is 3.21. The summed E-state index contributed by atoms with van der Waals surface area (Å²) in [5, 5.41) is 6.96. The van der Waals surface area contributed by atoms with Crippen LogP contribution in [-0.4, -0.2) is 51.5 Å². The summed E-state index contributed by atoms with van der Waals surface area (Å²) < 4.78 is 11.2. The molecule has 0 aliphatic carbocycles. The summed E-state index contributed by atoms with van der Waals surface area (Å²) in [6.07, 6.45) is 3.39. The molecular formula is C21H36IN3O2. The van der Waals surface area contributed by atoms with E-state index in [9.17, 15) is 0 Å². The molecule has 5 nitrogen and oxygen atoms in total. The van der Waals surface area contributed by atoms with Gasteiger partial charge in [-0.3, -0.25) is 4.99 Å². The van der Waals surface area contributed by atoms with Gasteiger partial charge >= 0.3 is 0 Å². The number of rotatable bonds is 9. The lowest BCUT2D eigenvalue weighted by atomic mass is 9.76. The Balaban J connectivity index is 0.00000364. The highest BCUT2D eigenvalue weighted by atomic mass is 127. The zero-order chi connectivity index (χ0) is 18.8. The quantitative estimate of drug-likeness (QED) is 0.316. The maximum atomic E-state index is 5.90. The minimum Gasteiger partial charge on any atom is -0.379 e. The number of nitrogens with zero attached hydrogens (tertiary/aromatic N) is 1. The van der Waals surface area contributed by atoms with E-state index in [-0.39, 0.29) is 41.5 Å². The predicted octanol–water partition coefficient (Wildman–Crippen LogP) is 3.72. The number of ether oxygens (including phenoxy) is 2. The van der Waals surface area contributed by atoms with Crippen molar-refractivity contribution in [1.29, 1.82) is 0 Å². The first kappa shape index (κ1) is 24.2. The van der Waals surface area contributed by atoms with E-state index in [4.69, 9.17) is 9.47 Å². The normalized spacial score (nSPS) is 18.7. The van der Waals surface area contributed by atoms with Crippen LogP contribution in [0, 0.1) is 0 Å². The van der Waals surface area contributed by atoms with Crippen LogP contribution in [0.5, 0.6) is 0 Å². The maximum absolute atomic E-state index is 5.90. The van der Waals surface area contributed by atoms with Crippen molar-refractivity contribution >= 4 is 29.9 Å². The predicted molar refractivity (Wildman–Crippen MR) is 123 cm³/mol. The summed E-state index contributed by atoms with van der Waals surface area (Å²) in [6, 6.07) is 11.0. The van der Waals surface area contributed by atoms with E-state index in [1.807, 2.05) is 7.05 Å². The third-order valence-electron chi connectivity index (χ3n) is 5.41. The Kier molecular flexibility index (Phi) is 11.3. The molecule has 1 aromatic carbocycles. The fourth-order valence-electron chi connectivity index (χ4n) is 3.45. The number of halogens is 1. The van der Waals surface area contributed by atoms with Gasteiger partial charge in [0.15, 0.2) is 5.96 Å². The van der Waals surface area contributed by atoms with Crippen molar-refractivity contribution in [2.24, 2.45) is 4.99 Å². The molecule has 1 aromatic rings. The van der Waals surface area contributed by atoms with Crippen LogP contribution >= 0.6 is 24.0 Å². The molecule has 2 N–H and O–H groups in total. The lowest BCUT2D eigenvalue weighted by Crippen LogP contribution is -2.48. The van der Waals surface area contributed by atoms with E-state index in [0.29, 0.717) is 13.2 Å². The summed E-state index contributed by atoms with van der Waals surface area (Å²) in [7, 11) is 1.82. The van der Waals surface area contributed by atoms with Crippen LogP contribution in [0.2, 0.25) is 0 Å². The van der Waals surface area contributed by atoms with Gasteiger partial charge in [0.1, 0.15) is 0 Å². The fourth-order valence-corrected chi connectivity index (χ4v) is 3.45. The second kappa shape index (κ2) is 12.6. The third-order valence-corrected chi connectivity index (χ3v) is 5.41. The monoisotopic (exact) mass is 489 g/mol. The molecule has 2 unspecified atom stereocenters. The van der Waals surface area contributed by atoms with Crippen LogP contribution in [-0.2, 0) is 14.9 Å². The third kappa shape index (κ3) is 7.23. The molecule has 0 radical (unpaired) electrons. The lowest BCUT2D eigenvalue weighted by Gasteiger charge is -2.33. The van der Waals surface area contributed by atoms with E-state index in [0.717, 1.165) is 38.4 Å². The zero-order valence-electron chi connectivity index (χ0n) is 17.2. The van der Waals surface area contributed by atoms with Crippen molar-refractivity contribution in [2.75, 3.05) is 33.4 Å². The van der Waals surface area contributed by atoms with Crippen LogP contribution in [0.1, 0.15) is 45.6 Å². The van der Waals surface area contributed by atoms with Gasteiger partial charge in [-0.15, -0.1) is 24.0 Å². The van der Waals surface area contributed by atoms with Crippen molar-refractivity contribution in [2.45, 2.75) is 57.6 Å². The van der Waals surface area contributed by atoms with Crippen LogP contribution in [0.4, 0.5) is 0 Å². The molecule has 1 aliphatic heterocycles. The number of benzene rings is 1. The van der Waals surface area contributed by atoms with Gasteiger partial charge in [0, 0.05) is 31.7 Å². The second-order valence-electron chi connectivity index (χ2n) is 7.14. The van der Waals surface area contributed by atoms with E-state index in [1.54, 1.807) is 0 Å². The Bertz CT molecular complexity index is 544. The van der Waals surface area contributed by atoms with E-state index < -0.39 is 0 Å². The highest BCUT2D eigenvalue weighted by molar-refractivity contribution is 14.0. The Morgan fingerprint density at radius 2 is 2.00 bits per heavy atom. The smallest absolute Gasteiger partial charge is 0.191 e. The molecule has 0 saturated carbocycles. The van der Waals surface area contributed by atoms with Crippen molar-refractivity contribution in [3.8, 4) is 0 Å². The number of aliphatic imine (C=N–C) groups is 1. The molecule has 0 bridgehead atoms. The average molecular weight is 489 g/mol. The van der Waals surface area contributed by atoms with Crippen LogP contribution in [0.3, 0.4) is 0 Å². The molecule has 1 heterocycles. The van der Waals surface area contributed by atoms with Crippen LogP contribution in [0.25, 0.3) is 0 Å². The SMILES string of the molecule is CCC(CC)(CNC(=NC)NC(C)COC1CCOC1)c1ccccc1.I. The minimum atomic E-state index is 0. The molecule has 154 valence electrons. The van der Waals surface area contributed by atoms with Gasteiger partial charge in [0.2, 0.25) is 0 Å². The Hall–Kier alpha value is -0.860. The lowest BCUT2D eigenvalue weighted by molar-refractivity contribution is 0.0347. The zero-order valence-corrected chi connectivity index (χ0v) is 19.5. The summed E-state index contributed by atoms with van der Waals surface area (Å²) in [5.74, 6) is 0.825. The van der Waals surface area contributed by atoms with Gasteiger partial charge < -0.3 is 20.1 Å². The van der Waals surface area contributed by atoms with E-state index in [1.165, 1.54) is 5.56 Å². The molecule has 1 saturated heterocycles. The molecule has 1 fully saturated rings. The van der Waals surface area contributed by atoms with Gasteiger partial charge in [-0.25, -0.2) is 0 Å². The van der Waals surface area contributed by atoms with Crippen LogP contribution in [0.15, 0.2) is 35.3 Å². The minimum absolute atomic E-state index is 0. The van der Waals surface area contributed by atoms with Crippen molar-refractivity contribution in [3.05, 3.63) is 35.9 Å². The van der Waals surface area contributed by atoms with E-state index in [2.05, 4.69) is 66.7 Å². The van der Waals surface area contributed by atoms with Gasteiger partial charge in [0.05, 0.1) is 19.3 Å². The maximum Gasteiger partial charge on any atom is 0.191 e. The molecule has 0 amide bonds. The fraction of sp³-hybridized carbons (Fsp3) is 0.667. The first-order valence-corrected chi connectivity index (χ1v) is 9.85. The summed E-state index contributed by atoms with van der Waals surface area (Å²) in [5.41, 5.74) is 1.49. The Labute approximate surface area is 181 Å². The van der Waals surface area contributed by atoms with E-state index >= 15 is 0 Å². The van der Waals surface area contributed by atoms with Crippen molar-refractivity contribution in [3.63, 3.8) is 0 Å². The molecule has 0 spiro atoms. The first-order chi connectivity index (χ1) is 12.6. The summed E-state index contributed by atoms with van der Waals surface area (Å²) >= 11 is 0. The Morgan fingerprint density at radius 1 is 1.30 bits per heavy atom. The molecule has 6 heteroatoms. The highest BCUT2D eigenvalue weighted by Gasteiger charge is 2.28. The molecule has 27 heavy (non-hydrogen) atoms. The van der Waals surface area contributed by atoms with Gasteiger partial charge in [-0.05, 0) is 31.7 Å².